The number of fused-ring (bicyclic) bond motifs is 1. The van der Waals surface area contributed by atoms with E-state index in [2.05, 4.69) is 10.3 Å². The van der Waals surface area contributed by atoms with Crippen LogP contribution < -0.4 is 24.3 Å². The summed E-state index contributed by atoms with van der Waals surface area (Å²) in [4.78, 5) is 17.3. The van der Waals surface area contributed by atoms with Gasteiger partial charge in [0.2, 0.25) is 5.91 Å². The van der Waals surface area contributed by atoms with Crippen LogP contribution in [0.1, 0.15) is 23.0 Å². The monoisotopic (exact) mass is 469 g/mol. The second-order valence-electron chi connectivity index (χ2n) is 7.34. The molecule has 0 bridgehead atoms. The summed E-state index contributed by atoms with van der Waals surface area (Å²) in [6, 6.07) is 8.43. The highest BCUT2D eigenvalue weighted by Gasteiger charge is 2.22. The molecular formula is C24H24ClN3O5. The molecule has 1 aliphatic heterocycles. The van der Waals surface area contributed by atoms with Gasteiger partial charge in [-0.1, -0.05) is 11.6 Å². The van der Waals surface area contributed by atoms with E-state index in [1.165, 1.54) is 6.08 Å². The van der Waals surface area contributed by atoms with Crippen LogP contribution in [0.2, 0.25) is 5.02 Å². The minimum Gasteiger partial charge on any atom is -0.497 e. The van der Waals surface area contributed by atoms with Crippen molar-refractivity contribution in [1.29, 1.82) is 0 Å². The molecule has 4 rings (SSSR count). The highest BCUT2D eigenvalue weighted by atomic mass is 35.5. The Morgan fingerprint density at radius 2 is 1.88 bits per heavy atom. The quantitative estimate of drug-likeness (QED) is 0.530. The number of nitrogens with zero attached hydrogens (tertiary/aromatic N) is 2. The van der Waals surface area contributed by atoms with Gasteiger partial charge in [0.25, 0.3) is 0 Å². The van der Waals surface area contributed by atoms with Crippen molar-refractivity contribution in [3.63, 3.8) is 0 Å². The van der Waals surface area contributed by atoms with Crippen molar-refractivity contribution in [3.05, 3.63) is 70.8 Å². The fourth-order valence-electron chi connectivity index (χ4n) is 3.54. The van der Waals surface area contributed by atoms with E-state index in [-0.39, 0.29) is 5.91 Å². The molecule has 1 amide bonds. The van der Waals surface area contributed by atoms with Crippen LogP contribution in [0, 0.1) is 0 Å². The maximum Gasteiger partial charge on any atom is 0.244 e. The Morgan fingerprint density at radius 3 is 2.55 bits per heavy atom. The predicted octanol–water partition coefficient (Wildman–Crippen LogP) is 3.78. The van der Waals surface area contributed by atoms with Gasteiger partial charge in [0.1, 0.15) is 36.6 Å². The van der Waals surface area contributed by atoms with Gasteiger partial charge in [0.05, 0.1) is 19.2 Å². The van der Waals surface area contributed by atoms with Crippen molar-refractivity contribution in [1.82, 2.24) is 14.9 Å². The number of aromatic nitrogens is 2. The number of amides is 1. The van der Waals surface area contributed by atoms with Gasteiger partial charge >= 0.3 is 0 Å². The first-order valence-electron chi connectivity index (χ1n) is 10.3. The maximum atomic E-state index is 12.9. The third kappa shape index (κ3) is 5.06. The van der Waals surface area contributed by atoms with E-state index < -0.39 is 6.04 Å². The minimum atomic E-state index is -0.532. The van der Waals surface area contributed by atoms with Crippen molar-refractivity contribution in [2.24, 2.45) is 7.05 Å². The van der Waals surface area contributed by atoms with Gasteiger partial charge in [-0.05, 0) is 41.5 Å². The molecule has 172 valence electrons. The normalized spacial score (nSPS) is 13.6. The summed E-state index contributed by atoms with van der Waals surface area (Å²) in [5.74, 6) is 2.65. The van der Waals surface area contributed by atoms with E-state index in [0.29, 0.717) is 47.1 Å². The van der Waals surface area contributed by atoms with Crippen LogP contribution in [-0.4, -0.2) is 42.9 Å². The third-order valence-corrected chi connectivity index (χ3v) is 5.44. The molecule has 0 aliphatic carbocycles. The second kappa shape index (κ2) is 9.87. The van der Waals surface area contributed by atoms with Crippen LogP contribution in [0.25, 0.3) is 6.08 Å². The van der Waals surface area contributed by atoms with E-state index in [1.807, 2.05) is 29.9 Å². The van der Waals surface area contributed by atoms with Gasteiger partial charge < -0.3 is 28.8 Å². The lowest BCUT2D eigenvalue weighted by Crippen LogP contribution is -2.29. The molecule has 1 atom stereocenters. The van der Waals surface area contributed by atoms with Gasteiger partial charge in [-0.2, -0.15) is 0 Å². The lowest BCUT2D eigenvalue weighted by Gasteiger charge is -2.20. The Balaban J connectivity index is 1.60. The summed E-state index contributed by atoms with van der Waals surface area (Å²) in [6.45, 7) is 0.903. The number of aryl methyl sites for hydroxylation is 1. The van der Waals surface area contributed by atoms with Crippen LogP contribution in [0.3, 0.4) is 0 Å². The number of imidazole rings is 1. The summed E-state index contributed by atoms with van der Waals surface area (Å²) < 4.78 is 23.8. The average molecular weight is 470 g/mol. The van der Waals surface area contributed by atoms with Gasteiger partial charge in [-0.25, -0.2) is 4.98 Å². The highest BCUT2D eigenvalue weighted by molar-refractivity contribution is 6.32. The lowest BCUT2D eigenvalue weighted by molar-refractivity contribution is -0.117. The molecule has 0 fully saturated rings. The van der Waals surface area contributed by atoms with Crippen molar-refractivity contribution < 1.29 is 23.7 Å². The number of rotatable bonds is 7. The van der Waals surface area contributed by atoms with Gasteiger partial charge in [-0.3, -0.25) is 4.79 Å². The van der Waals surface area contributed by atoms with Crippen LogP contribution in [0.5, 0.6) is 23.0 Å². The topological polar surface area (TPSA) is 83.8 Å². The zero-order valence-corrected chi connectivity index (χ0v) is 19.3. The summed E-state index contributed by atoms with van der Waals surface area (Å²) in [5.41, 5.74) is 1.49. The molecule has 2 aromatic carbocycles. The molecule has 1 unspecified atom stereocenters. The van der Waals surface area contributed by atoms with E-state index in [0.717, 1.165) is 11.1 Å². The Bertz CT molecular complexity index is 1170. The van der Waals surface area contributed by atoms with Crippen LogP contribution in [-0.2, 0) is 11.8 Å². The first-order chi connectivity index (χ1) is 16.0. The van der Waals surface area contributed by atoms with Gasteiger partial charge in [0, 0.05) is 31.6 Å². The standard InChI is InChI=1S/C24H24ClN3O5/c1-28-7-6-26-24(28)22(16-12-17(30-2)14-18(13-16)31-3)27-21(29)5-4-15-10-19(25)23-20(11-15)32-8-9-33-23/h4-7,10-14,22H,8-9H2,1-3H3,(H,27,29)/b5-4+. The van der Waals surface area contributed by atoms with Crippen molar-refractivity contribution in [2.45, 2.75) is 6.04 Å². The number of nitrogens with one attached hydrogen (secondary N) is 1. The largest absolute Gasteiger partial charge is 0.497 e. The molecule has 8 nitrogen and oxygen atoms in total. The third-order valence-electron chi connectivity index (χ3n) is 5.16. The number of ether oxygens (including phenoxy) is 4. The maximum absolute atomic E-state index is 12.9. The van der Waals surface area contributed by atoms with Crippen LogP contribution >= 0.6 is 11.6 Å². The first kappa shape index (κ1) is 22.5. The molecule has 1 aromatic heterocycles. The molecule has 33 heavy (non-hydrogen) atoms. The predicted molar refractivity (Wildman–Crippen MR) is 124 cm³/mol. The molecule has 0 saturated carbocycles. The Hall–Kier alpha value is -3.65. The molecule has 2 heterocycles. The summed E-state index contributed by atoms with van der Waals surface area (Å²) in [6.07, 6.45) is 6.61. The Morgan fingerprint density at radius 1 is 1.15 bits per heavy atom. The number of hydrogen-bond acceptors (Lipinski definition) is 6. The van der Waals surface area contributed by atoms with Crippen molar-refractivity contribution in [3.8, 4) is 23.0 Å². The van der Waals surface area contributed by atoms with Gasteiger partial charge in [-0.15, -0.1) is 0 Å². The molecule has 0 saturated heterocycles. The smallest absolute Gasteiger partial charge is 0.244 e. The molecule has 9 heteroatoms. The summed E-state index contributed by atoms with van der Waals surface area (Å²) in [7, 11) is 5.02. The Kier molecular flexibility index (Phi) is 6.74. The van der Waals surface area contributed by atoms with E-state index in [1.54, 1.807) is 44.7 Å². The van der Waals surface area contributed by atoms with Crippen molar-refractivity contribution in [2.75, 3.05) is 27.4 Å². The van der Waals surface area contributed by atoms with Crippen LogP contribution in [0.4, 0.5) is 0 Å². The zero-order chi connectivity index (χ0) is 23.4. The van der Waals surface area contributed by atoms with E-state index >= 15 is 0 Å². The fraction of sp³-hybridized carbons (Fsp3) is 0.250. The minimum absolute atomic E-state index is 0.309. The number of methoxy groups -OCH3 is 2. The second-order valence-corrected chi connectivity index (χ2v) is 7.75. The SMILES string of the molecule is COc1cc(OC)cc(C(NC(=O)/C=C/c2cc(Cl)c3c(c2)OCCO3)c2nccn2C)c1. The number of hydrogen-bond donors (Lipinski definition) is 1. The fourth-order valence-corrected chi connectivity index (χ4v) is 3.81. The number of carbonyl (C=O) groups is 1. The molecule has 3 aromatic rings. The number of benzene rings is 2. The zero-order valence-electron chi connectivity index (χ0n) is 18.5. The Labute approximate surface area is 196 Å². The van der Waals surface area contributed by atoms with Crippen LogP contribution in [0.15, 0.2) is 48.8 Å². The van der Waals surface area contributed by atoms with E-state index in [9.17, 15) is 4.79 Å². The highest BCUT2D eigenvalue weighted by Crippen LogP contribution is 2.38. The molecule has 1 aliphatic rings. The molecule has 1 N–H and O–H groups in total. The average Bonchev–Trinajstić information content (AvgIpc) is 3.26. The molecule has 0 radical (unpaired) electrons. The number of carbonyl (C=O) groups excluding carboxylic acids is 1. The first-order valence-corrected chi connectivity index (χ1v) is 10.6. The molecule has 0 spiro atoms. The lowest BCUT2D eigenvalue weighted by atomic mass is 10.0. The van der Waals surface area contributed by atoms with E-state index in [4.69, 9.17) is 30.5 Å². The molecular weight excluding hydrogens is 446 g/mol. The van der Waals surface area contributed by atoms with Crippen molar-refractivity contribution >= 4 is 23.6 Å². The summed E-state index contributed by atoms with van der Waals surface area (Å²) in [5, 5.41) is 3.45. The van der Waals surface area contributed by atoms with Gasteiger partial charge in [0.15, 0.2) is 11.5 Å². The summed E-state index contributed by atoms with van der Waals surface area (Å²) >= 11 is 6.29. The number of halogens is 1.